The first-order valence-electron chi connectivity index (χ1n) is 5.54. The zero-order valence-corrected chi connectivity index (χ0v) is 12.7. The minimum atomic E-state index is -3.77. The van der Waals surface area contributed by atoms with Gasteiger partial charge in [0, 0.05) is 16.4 Å². The Morgan fingerprint density at radius 3 is 2.32 bits per heavy atom. The van der Waals surface area contributed by atoms with E-state index in [1.807, 2.05) is 0 Å². The zero-order chi connectivity index (χ0) is 14.8. The Morgan fingerprint density at radius 1 is 1.32 bits per heavy atom. The van der Waals surface area contributed by atoms with E-state index in [4.69, 9.17) is 15.4 Å². The second-order valence-corrected chi connectivity index (χ2v) is 7.61. The largest absolute Gasteiger partial charge is 0.444 e. The van der Waals surface area contributed by atoms with Crippen molar-refractivity contribution in [3.8, 4) is 0 Å². The number of hydrogen-bond donors (Lipinski definition) is 1. The summed E-state index contributed by atoms with van der Waals surface area (Å²) < 4.78 is 27.4. The van der Waals surface area contributed by atoms with E-state index in [2.05, 4.69) is 5.32 Å². The lowest BCUT2D eigenvalue weighted by molar-refractivity contribution is 0.0636. The van der Waals surface area contributed by atoms with Crippen LogP contribution in [-0.4, -0.2) is 20.1 Å². The smallest absolute Gasteiger partial charge is 0.412 e. The molecule has 1 aromatic carbocycles. The van der Waals surface area contributed by atoms with E-state index in [9.17, 15) is 13.2 Å². The first-order valence-corrected chi connectivity index (χ1v) is 7.85. The third-order valence-electron chi connectivity index (χ3n) is 2.12. The minimum Gasteiger partial charge on any atom is -0.444 e. The lowest BCUT2D eigenvalue weighted by atomic mass is 10.2. The van der Waals surface area contributed by atoms with E-state index in [0.29, 0.717) is 11.3 Å². The molecule has 0 unspecified atom stereocenters. The maximum atomic E-state index is 11.6. The molecule has 0 saturated carbocycles. The molecule has 1 N–H and O–H groups in total. The van der Waals surface area contributed by atoms with Crippen molar-refractivity contribution in [2.45, 2.75) is 38.2 Å². The summed E-state index contributed by atoms with van der Waals surface area (Å²) >= 11 is 0. The molecule has 0 aliphatic carbocycles. The highest BCUT2D eigenvalue weighted by Crippen LogP contribution is 2.22. The van der Waals surface area contributed by atoms with E-state index in [0.717, 1.165) is 0 Å². The predicted molar refractivity (Wildman–Crippen MR) is 74.1 cm³/mol. The lowest BCUT2D eigenvalue weighted by Gasteiger charge is -2.20. The number of amides is 1. The summed E-state index contributed by atoms with van der Waals surface area (Å²) in [6.45, 7) is 6.92. The topological polar surface area (TPSA) is 72.5 Å². The summed E-state index contributed by atoms with van der Waals surface area (Å²) in [5, 5.41) is 2.55. The number of aryl methyl sites for hydroxylation is 1. The molecule has 0 spiro atoms. The molecule has 1 aromatic rings. The van der Waals surface area contributed by atoms with Gasteiger partial charge in [0.2, 0.25) is 0 Å². The van der Waals surface area contributed by atoms with Crippen LogP contribution in [0.4, 0.5) is 10.5 Å². The number of hydrogen-bond acceptors (Lipinski definition) is 4. The molecule has 7 heteroatoms. The predicted octanol–water partition coefficient (Wildman–Crippen LogP) is 3.27. The second kappa shape index (κ2) is 5.38. The molecule has 0 radical (unpaired) electrons. The van der Waals surface area contributed by atoms with Crippen LogP contribution in [0.25, 0.3) is 0 Å². The van der Waals surface area contributed by atoms with Crippen molar-refractivity contribution in [2.24, 2.45) is 0 Å². The fourth-order valence-electron chi connectivity index (χ4n) is 1.34. The second-order valence-electron chi connectivity index (χ2n) is 5.04. The number of ether oxygens (including phenoxy) is 1. The molecule has 5 nitrogen and oxygen atoms in total. The minimum absolute atomic E-state index is 0.0126. The Balaban J connectivity index is 2.90. The summed E-state index contributed by atoms with van der Waals surface area (Å²) in [7, 11) is 1.46. The summed E-state index contributed by atoms with van der Waals surface area (Å²) in [6, 6.07) is 4.17. The molecule has 0 saturated heterocycles. The average molecular weight is 306 g/mol. The van der Waals surface area contributed by atoms with E-state index in [1.54, 1.807) is 27.7 Å². The van der Waals surface area contributed by atoms with Gasteiger partial charge in [-0.15, -0.1) is 0 Å². The maximum Gasteiger partial charge on any atom is 0.412 e. The van der Waals surface area contributed by atoms with Crippen LogP contribution < -0.4 is 5.32 Å². The SMILES string of the molecule is Cc1cc(S(=O)(=O)Cl)ccc1NC(=O)OC(C)(C)C. The van der Waals surface area contributed by atoms with Crippen LogP contribution in [0.15, 0.2) is 23.1 Å². The Labute approximate surface area is 117 Å². The molecule has 1 amide bonds. The van der Waals surface area contributed by atoms with Gasteiger partial charge in [-0.3, -0.25) is 5.32 Å². The number of carbonyl (C=O) groups is 1. The molecule has 0 aliphatic rings. The lowest BCUT2D eigenvalue weighted by Crippen LogP contribution is -2.27. The number of benzene rings is 1. The maximum absolute atomic E-state index is 11.6. The van der Waals surface area contributed by atoms with Gasteiger partial charge in [0.1, 0.15) is 5.60 Å². The Kier molecular flexibility index (Phi) is 4.47. The van der Waals surface area contributed by atoms with Crippen molar-refractivity contribution >= 4 is 31.5 Å². The van der Waals surface area contributed by atoms with Gasteiger partial charge in [-0.25, -0.2) is 13.2 Å². The van der Waals surface area contributed by atoms with Gasteiger partial charge in [0.25, 0.3) is 9.05 Å². The summed E-state index contributed by atoms with van der Waals surface area (Å²) in [5.74, 6) is 0. The number of rotatable bonds is 2. The highest BCUT2D eigenvalue weighted by Gasteiger charge is 2.17. The van der Waals surface area contributed by atoms with Gasteiger partial charge in [0.15, 0.2) is 0 Å². The molecule has 0 aromatic heterocycles. The Morgan fingerprint density at radius 2 is 1.89 bits per heavy atom. The van der Waals surface area contributed by atoms with Crippen molar-refractivity contribution in [2.75, 3.05) is 5.32 Å². The number of halogens is 1. The van der Waals surface area contributed by atoms with Gasteiger partial charge in [-0.05, 0) is 51.5 Å². The van der Waals surface area contributed by atoms with Gasteiger partial charge in [-0.2, -0.15) is 0 Å². The van der Waals surface area contributed by atoms with Gasteiger partial charge in [-0.1, -0.05) is 0 Å². The molecule has 0 bridgehead atoms. The normalized spacial score (nSPS) is 12.1. The quantitative estimate of drug-likeness (QED) is 0.851. The molecule has 1 rings (SSSR count). The van der Waals surface area contributed by atoms with Crippen molar-refractivity contribution in [1.29, 1.82) is 0 Å². The zero-order valence-electron chi connectivity index (χ0n) is 11.2. The Bertz CT molecular complexity index is 590. The molecule has 106 valence electrons. The van der Waals surface area contributed by atoms with E-state index < -0.39 is 20.7 Å². The average Bonchev–Trinajstić information content (AvgIpc) is 2.16. The first kappa shape index (κ1) is 15.8. The van der Waals surface area contributed by atoms with E-state index >= 15 is 0 Å². The molecule has 0 atom stereocenters. The van der Waals surface area contributed by atoms with Crippen LogP contribution in [0.2, 0.25) is 0 Å². The fraction of sp³-hybridized carbons (Fsp3) is 0.417. The van der Waals surface area contributed by atoms with E-state index in [1.165, 1.54) is 18.2 Å². The standard InChI is InChI=1S/C12H16ClNO4S/c1-8-7-9(19(13,16)17)5-6-10(8)14-11(15)18-12(2,3)4/h5-7H,1-4H3,(H,14,15). The van der Waals surface area contributed by atoms with Crippen molar-refractivity contribution in [3.63, 3.8) is 0 Å². The van der Waals surface area contributed by atoms with Gasteiger partial charge in [0.05, 0.1) is 4.90 Å². The number of carbonyl (C=O) groups excluding carboxylic acids is 1. The summed E-state index contributed by atoms with van der Waals surface area (Å²) in [5.41, 5.74) is 0.447. The van der Waals surface area contributed by atoms with Crippen LogP contribution in [0.5, 0.6) is 0 Å². The van der Waals surface area contributed by atoms with Crippen LogP contribution >= 0.6 is 10.7 Å². The van der Waals surface area contributed by atoms with Gasteiger partial charge >= 0.3 is 6.09 Å². The molecular formula is C12H16ClNO4S. The van der Waals surface area contributed by atoms with Crippen LogP contribution in [-0.2, 0) is 13.8 Å². The van der Waals surface area contributed by atoms with Crippen molar-refractivity contribution < 1.29 is 17.9 Å². The molecule has 0 aliphatic heterocycles. The van der Waals surface area contributed by atoms with E-state index in [-0.39, 0.29) is 4.90 Å². The molecule has 19 heavy (non-hydrogen) atoms. The number of nitrogens with one attached hydrogen (secondary N) is 1. The molecule has 0 fully saturated rings. The van der Waals surface area contributed by atoms with Crippen LogP contribution in [0, 0.1) is 6.92 Å². The summed E-state index contributed by atoms with van der Waals surface area (Å²) in [4.78, 5) is 11.6. The monoisotopic (exact) mass is 305 g/mol. The third kappa shape index (κ3) is 5.08. The Hall–Kier alpha value is -1.27. The van der Waals surface area contributed by atoms with Crippen molar-refractivity contribution in [1.82, 2.24) is 0 Å². The third-order valence-corrected chi connectivity index (χ3v) is 3.47. The van der Waals surface area contributed by atoms with Crippen LogP contribution in [0.1, 0.15) is 26.3 Å². The van der Waals surface area contributed by atoms with Gasteiger partial charge < -0.3 is 4.74 Å². The first-order chi connectivity index (χ1) is 8.49. The molecule has 0 heterocycles. The van der Waals surface area contributed by atoms with Crippen molar-refractivity contribution in [3.05, 3.63) is 23.8 Å². The highest BCUT2D eigenvalue weighted by molar-refractivity contribution is 8.13. The number of anilines is 1. The highest BCUT2D eigenvalue weighted by atomic mass is 35.7. The fourth-order valence-corrected chi connectivity index (χ4v) is 2.18. The molecular weight excluding hydrogens is 290 g/mol. The van der Waals surface area contributed by atoms with Crippen LogP contribution in [0.3, 0.4) is 0 Å². The summed E-state index contributed by atoms with van der Waals surface area (Å²) in [6.07, 6.45) is -0.600.